The smallest absolute Gasteiger partial charge is 0.252 e. The first kappa shape index (κ1) is 16.7. The number of halogens is 2. The molecule has 22 heavy (non-hydrogen) atoms. The summed E-state index contributed by atoms with van der Waals surface area (Å²) in [4.78, 5) is 12.0. The standard InChI is InChI=1S/C17H17Cl2NO2/c18-13-8-9-16(19)15(12-13)17(21)20-10-4-5-11-22-14-6-2-1-3-7-14/h1-3,6-9,12H,4-5,10-11H2,(H,20,21). The lowest BCUT2D eigenvalue weighted by Crippen LogP contribution is -2.25. The minimum absolute atomic E-state index is 0.212. The van der Waals surface area contributed by atoms with Crippen molar-refractivity contribution in [2.45, 2.75) is 12.8 Å². The number of para-hydroxylation sites is 1. The van der Waals surface area contributed by atoms with Gasteiger partial charge in [0.05, 0.1) is 17.2 Å². The van der Waals surface area contributed by atoms with Gasteiger partial charge in [0, 0.05) is 11.6 Å². The third-order valence-corrected chi connectivity index (χ3v) is 3.61. The average Bonchev–Trinajstić information content (AvgIpc) is 2.54. The number of carbonyl (C=O) groups is 1. The number of rotatable bonds is 7. The van der Waals surface area contributed by atoms with Crippen LogP contribution in [0.25, 0.3) is 0 Å². The number of benzene rings is 2. The highest BCUT2D eigenvalue weighted by Crippen LogP contribution is 2.20. The second-order valence-electron chi connectivity index (χ2n) is 4.75. The Balaban J connectivity index is 1.66. The number of hydrogen-bond donors (Lipinski definition) is 1. The number of hydrogen-bond acceptors (Lipinski definition) is 2. The van der Waals surface area contributed by atoms with Gasteiger partial charge in [-0.05, 0) is 43.2 Å². The van der Waals surface area contributed by atoms with Gasteiger partial charge in [-0.1, -0.05) is 41.4 Å². The third-order valence-electron chi connectivity index (χ3n) is 3.04. The fourth-order valence-electron chi connectivity index (χ4n) is 1.90. The van der Waals surface area contributed by atoms with Crippen LogP contribution in [-0.2, 0) is 0 Å². The van der Waals surface area contributed by atoms with E-state index in [9.17, 15) is 4.79 Å². The summed E-state index contributed by atoms with van der Waals surface area (Å²) < 4.78 is 5.58. The lowest BCUT2D eigenvalue weighted by Gasteiger charge is -2.08. The van der Waals surface area contributed by atoms with Gasteiger partial charge in [0.2, 0.25) is 0 Å². The number of nitrogens with one attached hydrogen (secondary N) is 1. The summed E-state index contributed by atoms with van der Waals surface area (Å²) >= 11 is 11.8. The van der Waals surface area contributed by atoms with E-state index in [-0.39, 0.29) is 5.91 Å². The normalized spacial score (nSPS) is 10.3. The van der Waals surface area contributed by atoms with Crippen LogP contribution < -0.4 is 10.1 Å². The molecule has 0 bridgehead atoms. The Hall–Kier alpha value is -1.71. The Bertz CT molecular complexity index is 617. The van der Waals surface area contributed by atoms with E-state index < -0.39 is 0 Å². The Morgan fingerprint density at radius 1 is 1.05 bits per heavy atom. The summed E-state index contributed by atoms with van der Waals surface area (Å²) in [6.45, 7) is 1.19. The SMILES string of the molecule is O=C(NCCCCOc1ccccc1)c1cc(Cl)ccc1Cl. The van der Waals surface area contributed by atoms with E-state index in [4.69, 9.17) is 27.9 Å². The van der Waals surface area contributed by atoms with E-state index in [0.717, 1.165) is 18.6 Å². The van der Waals surface area contributed by atoms with Gasteiger partial charge in [-0.2, -0.15) is 0 Å². The Morgan fingerprint density at radius 2 is 1.82 bits per heavy atom. The fourth-order valence-corrected chi connectivity index (χ4v) is 2.28. The molecule has 1 amide bonds. The third kappa shape index (κ3) is 5.24. The van der Waals surface area contributed by atoms with E-state index in [2.05, 4.69) is 5.32 Å². The number of ether oxygens (including phenoxy) is 1. The van der Waals surface area contributed by atoms with Gasteiger partial charge in [0.25, 0.3) is 5.91 Å². The van der Waals surface area contributed by atoms with E-state index >= 15 is 0 Å². The fraction of sp³-hybridized carbons (Fsp3) is 0.235. The van der Waals surface area contributed by atoms with Crippen molar-refractivity contribution in [2.24, 2.45) is 0 Å². The first-order valence-corrected chi connectivity index (χ1v) is 7.83. The molecule has 0 radical (unpaired) electrons. The summed E-state index contributed by atoms with van der Waals surface area (Å²) in [6.07, 6.45) is 1.69. The van der Waals surface area contributed by atoms with E-state index in [0.29, 0.717) is 28.8 Å². The van der Waals surface area contributed by atoms with Crippen LogP contribution in [-0.4, -0.2) is 19.1 Å². The van der Waals surface area contributed by atoms with Crippen LogP contribution in [0.15, 0.2) is 48.5 Å². The van der Waals surface area contributed by atoms with Gasteiger partial charge in [-0.3, -0.25) is 4.79 Å². The summed E-state index contributed by atoms with van der Waals surface area (Å²) in [5, 5.41) is 3.72. The Kier molecular flexibility index (Phi) is 6.56. The maximum Gasteiger partial charge on any atom is 0.252 e. The van der Waals surface area contributed by atoms with Crippen molar-refractivity contribution in [1.82, 2.24) is 5.32 Å². The second kappa shape index (κ2) is 8.66. The van der Waals surface area contributed by atoms with Crippen LogP contribution in [0.4, 0.5) is 0 Å². The molecular formula is C17H17Cl2NO2. The molecule has 116 valence electrons. The molecule has 0 spiro atoms. The van der Waals surface area contributed by atoms with Crippen LogP contribution in [0.2, 0.25) is 10.0 Å². The molecule has 0 saturated carbocycles. The summed E-state index contributed by atoms with van der Waals surface area (Å²) in [6, 6.07) is 14.5. The van der Waals surface area contributed by atoms with Gasteiger partial charge in [0.15, 0.2) is 0 Å². The molecule has 5 heteroatoms. The molecular weight excluding hydrogens is 321 g/mol. The van der Waals surface area contributed by atoms with Gasteiger partial charge in [-0.15, -0.1) is 0 Å². The number of unbranched alkanes of at least 4 members (excludes halogenated alkanes) is 1. The van der Waals surface area contributed by atoms with Crippen molar-refractivity contribution in [2.75, 3.05) is 13.2 Å². The predicted octanol–water partition coefficient (Wildman–Crippen LogP) is 4.58. The highest BCUT2D eigenvalue weighted by molar-refractivity contribution is 6.35. The Morgan fingerprint density at radius 3 is 2.59 bits per heavy atom. The van der Waals surface area contributed by atoms with Crippen molar-refractivity contribution < 1.29 is 9.53 Å². The Labute approximate surface area is 140 Å². The quantitative estimate of drug-likeness (QED) is 0.751. The summed E-state index contributed by atoms with van der Waals surface area (Å²) in [5.41, 5.74) is 0.398. The van der Waals surface area contributed by atoms with Gasteiger partial charge in [-0.25, -0.2) is 0 Å². The van der Waals surface area contributed by atoms with Crippen LogP contribution in [0.5, 0.6) is 5.75 Å². The molecule has 0 fully saturated rings. The summed E-state index contributed by atoms with van der Waals surface area (Å²) in [7, 11) is 0. The number of carbonyl (C=O) groups excluding carboxylic acids is 1. The highest BCUT2D eigenvalue weighted by Gasteiger charge is 2.10. The molecule has 0 aromatic heterocycles. The molecule has 0 heterocycles. The minimum atomic E-state index is -0.212. The van der Waals surface area contributed by atoms with Crippen molar-refractivity contribution >= 4 is 29.1 Å². The first-order chi connectivity index (χ1) is 10.7. The van der Waals surface area contributed by atoms with Crippen LogP contribution in [0, 0.1) is 0 Å². The molecule has 3 nitrogen and oxygen atoms in total. The second-order valence-corrected chi connectivity index (χ2v) is 5.59. The van der Waals surface area contributed by atoms with Crippen LogP contribution in [0.3, 0.4) is 0 Å². The van der Waals surface area contributed by atoms with Gasteiger partial charge in [0.1, 0.15) is 5.75 Å². The van der Waals surface area contributed by atoms with Gasteiger partial charge < -0.3 is 10.1 Å². The van der Waals surface area contributed by atoms with Crippen LogP contribution in [0.1, 0.15) is 23.2 Å². The molecule has 0 saturated heterocycles. The van der Waals surface area contributed by atoms with E-state index in [1.807, 2.05) is 30.3 Å². The predicted molar refractivity (Wildman–Crippen MR) is 90.0 cm³/mol. The van der Waals surface area contributed by atoms with Crippen molar-refractivity contribution in [3.8, 4) is 5.75 Å². The number of amides is 1. The maximum absolute atomic E-state index is 12.0. The minimum Gasteiger partial charge on any atom is -0.494 e. The molecule has 0 unspecified atom stereocenters. The molecule has 2 aromatic carbocycles. The maximum atomic E-state index is 12.0. The largest absolute Gasteiger partial charge is 0.494 e. The van der Waals surface area contributed by atoms with Crippen molar-refractivity contribution in [3.05, 3.63) is 64.1 Å². The zero-order chi connectivity index (χ0) is 15.8. The average molecular weight is 338 g/mol. The molecule has 0 aliphatic heterocycles. The zero-order valence-electron chi connectivity index (χ0n) is 12.0. The topological polar surface area (TPSA) is 38.3 Å². The first-order valence-electron chi connectivity index (χ1n) is 7.08. The lowest BCUT2D eigenvalue weighted by atomic mass is 10.2. The molecule has 1 N–H and O–H groups in total. The van der Waals surface area contributed by atoms with Crippen molar-refractivity contribution in [3.63, 3.8) is 0 Å². The summed E-state index contributed by atoms with van der Waals surface area (Å²) in [5.74, 6) is 0.647. The molecule has 0 aliphatic carbocycles. The van der Waals surface area contributed by atoms with Crippen molar-refractivity contribution in [1.29, 1.82) is 0 Å². The highest BCUT2D eigenvalue weighted by atomic mass is 35.5. The van der Waals surface area contributed by atoms with Gasteiger partial charge >= 0.3 is 0 Å². The van der Waals surface area contributed by atoms with Crippen LogP contribution >= 0.6 is 23.2 Å². The molecule has 2 aromatic rings. The van der Waals surface area contributed by atoms with E-state index in [1.54, 1.807) is 18.2 Å². The van der Waals surface area contributed by atoms with E-state index in [1.165, 1.54) is 0 Å². The lowest BCUT2D eigenvalue weighted by molar-refractivity contribution is 0.0952. The zero-order valence-corrected chi connectivity index (χ0v) is 13.5. The molecule has 0 aliphatic rings. The monoisotopic (exact) mass is 337 g/mol. The molecule has 2 rings (SSSR count). The molecule has 0 atom stereocenters.